The van der Waals surface area contributed by atoms with Crippen molar-refractivity contribution in [2.24, 2.45) is 5.73 Å². The van der Waals surface area contributed by atoms with Crippen LogP contribution in [0.15, 0.2) is 53.4 Å². The van der Waals surface area contributed by atoms with Crippen molar-refractivity contribution in [1.82, 2.24) is 4.90 Å². The molecule has 0 spiro atoms. The van der Waals surface area contributed by atoms with Gasteiger partial charge in [-0.25, -0.2) is 4.90 Å². The first-order chi connectivity index (χ1) is 13.4. The summed E-state index contributed by atoms with van der Waals surface area (Å²) < 4.78 is 0. The Morgan fingerprint density at radius 2 is 1.64 bits per heavy atom. The third kappa shape index (κ3) is 4.13. The molecule has 0 aliphatic carbocycles. The van der Waals surface area contributed by atoms with Crippen LogP contribution in [0.2, 0.25) is 0 Å². The molecule has 1 unspecified atom stereocenters. The van der Waals surface area contributed by atoms with Gasteiger partial charge in [0.15, 0.2) is 0 Å². The number of amides is 2. The number of aryl methyl sites for hydroxylation is 1. The van der Waals surface area contributed by atoms with Crippen LogP contribution in [0.3, 0.4) is 0 Å². The predicted octanol–water partition coefficient (Wildman–Crippen LogP) is 4.54. The van der Waals surface area contributed by atoms with Gasteiger partial charge in [0.25, 0.3) is 11.1 Å². The minimum Gasteiger partial charge on any atom is -0.372 e. The highest BCUT2D eigenvalue weighted by molar-refractivity contribution is 8.18. The van der Waals surface area contributed by atoms with Gasteiger partial charge in [-0.15, -0.1) is 0 Å². The average molecular weight is 396 g/mol. The lowest BCUT2D eigenvalue weighted by Gasteiger charge is -2.21. The summed E-state index contributed by atoms with van der Waals surface area (Å²) in [7, 11) is 0. The molecule has 0 bridgehead atoms. The molecule has 2 amide bonds. The monoisotopic (exact) mass is 395 g/mol. The Bertz CT molecular complexity index is 887. The van der Waals surface area contributed by atoms with Gasteiger partial charge in [-0.3, -0.25) is 9.59 Å². The Morgan fingerprint density at radius 3 is 2.21 bits per heavy atom. The number of hydrogen-bond donors (Lipinski definition) is 1. The number of nitrogens with two attached hydrogens (primary N) is 1. The fourth-order valence-corrected chi connectivity index (χ4v) is 4.02. The first-order valence-electron chi connectivity index (χ1n) is 9.38. The first kappa shape index (κ1) is 20.2. The molecule has 28 heavy (non-hydrogen) atoms. The Hall–Kier alpha value is -2.57. The molecule has 146 valence electrons. The standard InChI is InChI=1S/C22H25N3O2S/c1-4-24(5-2)18-12-8-16(9-13-18)14-19-21(26)25(22(27)28-19)20(23)17-10-6-15(3)7-11-17/h6-14,20H,4-5,23H2,1-3H3/b19-14-. The summed E-state index contributed by atoms with van der Waals surface area (Å²) in [5.41, 5.74) is 10.1. The molecule has 2 aromatic rings. The molecular weight excluding hydrogens is 370 g/mol. The van der Waals surface area contributed by atoms with E-state index in [9.17, 15) is 9.59 Å². The number of benzene rings is 2. The highest BCUT2D eigenvalue weighted by Crippen LogP contribution is 2.36. The first-order valence-corrected chi connectivity index (χ1v) is 10.2. The quantitative estimate of drug-likeness (QED) is 0.728. The van der Waals surface area contributed by atoms with Crippen molar-refractivity contribution in [2.75, 3.05) is 18.0 Å². The van der Waals surface area contributed by atoms with E-state index in [-0.39, 0.29) is 11.1 Å². The van der Waals surface area contributed by atoms with E-state index in [0.29, 0.717) is 4.91 Å². The van der Waals surface area contributed by atoms with Crippen LogP contribution in [-0.2, 0) is 4.79 Å². The van der Waals surface area contributed by atoms with Crippen LogP contribution in [-0.4, -0.2) is 29.1 Å². The minimum atomic E-state index is -0.788. The molecule has 0 aromatic heterocycles. The van der Waals surface area contributed by atoms with Crippen molar-refractivity contribution in [1.29, 1.82) is 0 Å². The van der Waals surface area contributed by atoms with Crippen molar-refractivity contribution in [3.63, 3.8) is 0 Å². The molecule has 1 aliphatic rings. The number of nitrogens with zero attached hydrogens (tertiary/aromatic N) is 2. The summed E-state index contributed by atoms with van der Waals surface area (Å²) >= 11 is 0.930. The molecule has 1 saturated heterocycles. The van der Waals surface area contributed by atoms with Gasteiger partial charge in [-0.2, -0.15) is 0 Å². The van der Waals surface area contributed by atoms with Gasteiger partial charge in [0, 0.05) is 18.8 Å². The lowest BCUT2D eigenvalue weighted by atomic mass is 10.1. The van der Waals surface area contributed by atoms with Crippen LogP contribution in [0.4, 0.5) is 10.5 Å². The second-order valence-corrected chi connectivity index (χ2v) is 7.66. The molecule has 2 N–H and O–H groups in total. The van der Waals surface area contributed by atoms with Gasteiger partial charge in [0.2, 0.25) is 0 Å². The summed E-state index contributed by atoms with van der Waals surface area (Å²) in [5, 5.41) is -0.343. The Balaban J connectivity index is 1.80. The van der Waals surface area contributed by atoms with E-state index >= 15 is 0 Å². The van der Waals surface area contributed by atoms with E-state index in [1.54, 1.807) is 6.08 Å². The maximum absolute atomic E-state index is 12.8. The second kappa shape index (κ2) is 8.63. The fourth-order valence-electron chi connectivity index (χ4n) is 3.15. The Morgan fingerprint density at radius 1 is 1.04 bits per heavy atom. The molecule has 2 aromatic carbocycles. The Kier molecular flexibility index (Phi) is 6.21. The van der Waals surface area contributed by atoms with Crippen LogP contribution in [0.25, 0.3) is 6.08 Å². The van der Waals surface area contributed by atoms with Crippen LogP contribution in [0.1, 0.15) is 36.7 Å². The van der Waals surface area contributed by atoms with E-state index in [2.05, 4.69) is 18.7 Å². The topological polar surface area (TPSA) is 66.6 Å². The number of hydrogen-bond acceptors (Lipinski definition) is 5. The van der Waals surface area contributed by atoms with Gasteiger partial charge in [-0.05, 0) is 61.9 Å². The van der Waals surface area contributed by atoms with Crippen LogP contribution >= 0.6 is 11.8 Å². The zero-order valence-electron chi connectivity index (χ0n) is 16.4. The zero-order valence-corrected chi connectivity index (χ0v) is 17.2. The molecule has 0 saturated carbocycles. The summed E-state index contributed by atoms with van der Waals surface area (Å²) in [4.78, 5) is 29.0. The van der Waals surface area contributed by atoms with Crippen molar-refractivity contribution in [2.45, 2.75) is 26.9 Å². The highest BCUT2D eigenvalue weighted by atomic mass is 32.2. The molecule has 1 atom stereocenters. The van der Waals surface area contributed by atoms with Crippen molar-refractivity contribution >= 4 is 34.7 Å². The predicted molar refractivity (Wildman–Crippen MR) is 116 cm³/mol. The number of rotatable bonds is 6. The van der Waals surface area contributed by atoms with Gasteiger partial charge in [0.05, 0.1) is 4.91 Å². The number of imide groups is 1. The summed E-state index contributed by atoms with van der Waals surface area (Å²) in [6, 6.07) is 15.5. The summed E-state index contributed by atoms with van der Waals surface area (Å²) in [6.07, 6.45) is 0.961. The molecule has 1 fully saturated rings. The van der Waals surface area contributed by atoms with E-state index in [0.717, 1.165) is 52.1 Å². The van der Waals surface area contributed by atoms with E-state index < -0.39 is 6.17 Å². The number of carbonyl (C=O) groups is 2. The molecule has 5 nitrogen and oxygen atoms in total. The summed E-state index contributed by atoms with van der Waals surface area (Å²) in [6.45, 7) is 8.08. The van der Waals surface area contributed by atoms with Crippen molar-refractivity contribution in [3.05, 3.63) is 70.1 Å². The third-order valence-electron chi connectivity index (χ3n) is 4.84. The van der Waals surface area contributed by atoms with Crippen molar-refractivity contribution < 1.29 is 9.59 Å². The Labute approximate surface area is 170 Å². The maximum atomic E-state index is 12.8. The number of carbonyl (C=O) groups excluding carboxylic acids is 2. The second-order valence-electron chi connectivity index (χ2n) is 6.67. The van der Waals surface area contributed by atoms with Crippen molar-refractivity contribution in [3.8, 4) is 0 Å². The van der Waals surface area contributed by atoms with Crippen LogP contribution in [0, 0.1) is 6.92 Å². The van der Waals surface area contributed by atoms with Gasteiger partial charge in [-0.1, -0.05) is 42.0 Å². The molecule has 1 heterocycles. The minimum absolute atomic E-state index is 0.343. The van der Waals surface area contributed by atoms with E-state index in [1.807, 2.05) is 55.5 Å². The largest absolute Gasteiger partial charge is 0.372 e. The summed E-state index contributed by atoms with van der Waals surface area (Å²) in [5.74, 6) is -0.351. The van der Waals surface area contributed by atoms with Gasteiger partial charge in [0.1, 0.15) is 6.17 Å². The lowest BCUT2D eigenvalue weighted by Crippen LogP contribution is -2.37. The zero-order chi connectivity index (χ0) is 20.3. The molecule has 0 radical (unpaired) electrons. The fraction of sp³-hybridized carbons (Fsp3) is 0.273. The van der Waals surface area contributed by atoms with Crippen LogP contribution in [0.5, 0.6) is 0 Å². The highest BCUT2D eigenvalue weighted by Gasteiger charge is 2.39. The molecule has 6 heteroatoms. The van der Waals surface area contributed by atoms with Gasteiger partial charge >= 0.3 is 0 Å². The van der Waals surface area contributed by atoms with Crippen LogP contribution < -0.4 is 10.6 Å². The SMILES string of the molecule is CCN(CC)c1ccc(/C=C2\SC(=O)N(C(N)c3ccc(C)cc3)C2=O)cc1. The molecule has 1 aliphatic heterocycles. The maximum Gasteiger partial charge on any atom is 0.295 e. The molecular formula is C22H25N3O2S. The smallest absolute Gasteiger partial charge is 0.295 e. The van der Waals surface area contributed by atoms with E-state index in [4.69, 9.17) is 5.73 Å². The number of thioether (sulfide) groups is 1. The number of anilines is 1. The molecule has 3 rings (SSSR count). The van der Waals surface area contributed by atoms with Gasteiger partial charge < -0.3 is 10.6 Å². The van der Waals surface area contributed by atoms with E-state index in [1.165, 1.54) is 0 Å². The lowest BCUT2D eigenvalue weighted by molar-refractivity contribution is -0.124. The third-order valence-corrected chi connectivity index (χ3v) is 5.72. The average Bonchev–Trinajstić information content (AvgIpc) is 2.97. The normalized spacial score (nSPS) is 16.7.